The van der Waals surface area contributed by atoms with E-state index in [4.69, 9.17) is 18.8 Å². The lowest BCUT2D eigenvalue weighted by molar-refractivity contribution is -0.127. The number of halogens is 4. The number of alkyl halides is 3. The minimum atomic E-state index is -4.55. The van der Waals surface area contributed by atoms with Crippen LogP contribution < -0.4 is 19.8 Å². The highest BCUT2D eigenvalue weighted by atomic mass is 19.4. The lowest BCUT2D eigenvalue weighted by Gasteiger charge is -2.32. The van der Waals surface area contributed by atoms with Crippen LogP contribution in [0.3, 0.4) is 0 Å². The second-order valence-electron chi connectivity index (χ2n) is 11.3. The molecule has 0 atom stereocenters. The number of benzene rings is 3. The van der Waals surface area contributed by atoms with Gasteiger partial charge in [0.1, 0.15) is 17.3 Å². The van der Waals surface area contributed by atoms with E-state index in [1.54, 1.807) is 19.1 Å². The smallest absolute Gasteiger partial charge is 0.495 e. The quantitative estimate of drug-likeness (QED) is 0.209. The molecule has 5 nitrogen and oxygen atoms in total. The third kappa shape index (κ3) is 6.81. The molecule has 0 radical (unpaired) electrons. The summed E-state index contributed by atoms with van der Waals surface area (Å²) in [5.74, 6) is 0.639. The number of hydrogen-bond donors (Lipinski definition) is 0. The third-order valence-corrected chi connectivity index (χ3v) is 7.94. The van der Waals surface area contributed by atoms with Crippen molar-refractivity contribution in [2.45, 2.75) is 71.5 Å². The van der Waals surface area contributed by atoms with E-state index < -0.39 is 36.7 Å². The second-order valence-corrected chi connectivity index (χ2v) is 11.3. The van der Waals surface area contributed by atoms with Gasteiger partial charge in [-0.1, -0.05) is 24.3 Å². The molecule has 1 saturated heterocycles. The van der Waals surface area contributed by atoms with Gasteiger partial charge in [0, 0.05) is 13.1 Å². The van der Waals surface area contributed by atoms with E-state index in [1.807, 2.05) is 76.2 Å². The summed E-state index contributed by atoms with van der Waals surface area (Å²) in [7, 11) is 2.05. The predicted molar refractivity (Wildman–Crippen MR) is 152 cm³/mol. The molecule has 0 aromatic heterocycles. The average molecular weight is 573 g/mol. The van der Waals surface area contributed by atoms with Crippen molar-refractivity contribution in [3.63, 3.8) is 0 Å². The molecule has 0 aliphatic carbocycles. The Bertz CT molecular complexity index is 1290. The topological polar surface area (TPSA) is 40.2 Å². The number of anilines is 1. The molecule has 0 bridgehead atoms. The number of methoxy groups -OCH3 is 2. The maximum atomic E-state index is 16.2. The molecule has 1 aliphatic heterocycles. The standard InChI is InChI=1S/C31H36BF4NO4/c1-20-25(17-31(34,35)36)26(32-40-29(2,3)30(4,5)41-32)16-27(28(20)33)37(18-21-8-12-23(38-6)13-9-21)19-22-10-14-24(39-7)15-11-22/h8-16H,17-19H2,1-7H3. The molecule has 10 heteroatoms. The summed E-state index contributed by atoms with van der Waals surface area (Å²) in [6.45, 7) is 9.26. The van der Waals surface area contributed by atoms with Crippen molar-refractivity contribution in [1.82, 2.24) is 0 Å². The summed E-state index contributed by atoms with van der Waals surface area (Å²) >= 11 is 0. The van der Waals surface area contributed by atoms with E-state index in [9.17, 15) is 13.2 Å². The number of ether oxygens (including phenoxy) is 2. The van der Waals surface area contributed by atoms with Gasteiger partial charge in [0.05, 0.1) is 37.5 Å². The molecule has 0 saturated carbocycles. The zero-order valence-electron chi connectivity index (χ0n) is 24.5. The molecule has 4 rings (SSSR count). The molecule has 1 heterocycles. The van der Waals surface area contributed by atoms with Gasteiger partial charge in [-0.15, -0.1) is 0 Å². The van der Waals surface area contributed by atoms with Gasteiger partial charge in [-0.25, -0.2) is 4.39 Å². The first-order valence-corrected chi connectivity index (χ1v) is 13.4. The van der Waals surface area contributed by atoms with Crippen molar-refractivity contribution in [1.29, 1.82) is 0 Å². The van der Waals surface area contributed by atoms with Crippen molar-refractivity contribution >= 4 is 18.3 Å². The monoisotopic (exact) mass is 573 g/mol. The van der Waals surface area contributed by atoms with E-state index in [2.05, 4.69) is 0 Å². The van der Waals surface area contributed by atoms with Crippen LogP contribution in [0.1, 0.15) is 49.9 Å². The van der Waals surface area contributed by atoms with E-state index >= 15 is 4.39 Å². The zero-order chi connectivity index (χ0) is 30.2. The Labute approximate surface area is 239 Å². The van der Waals surface area contributed by atoms with Gasteiger partial charge in [0.25, 0.3) is 0 Å². The SMILES string of the molecule is COc1ccc(CN(Cc2ccc(OC)cc2)c2cc(B3OC(C)(C)C(C)(C)O3)c(CC(F)(F)F)c(C)c2F)cc1. The fourth-order valence-corrected chi connectivity index (χ4v) is 4.81. The van der Waals surface area contributed by atoms with Crippen molar-refractivity contribution in [3.05, 3.63) is 82.7 Å². The van der Waals surface area contributed by atoms with Crippen LogP contribution in [0.5, 0.6) is 11.5 Å². The maximum absolute atomic E-state index is 16.2. The molecule has 0 amide bonds. The minimum absolute atomic E-state index is 0.0843. The fraction of sp³-hybridized carbons (Fsp3) is 0.419. The van der Waals surface area contributed by atoms with Crippen molar-refractivity contribution < 1.29 is 36.3 Å². The molecule has 1 aliphatic rings. The molecule has 0 N–H and O–H groups in total. The van der Waals surface area contributed by atoms with E-state index in [0.29, 0.717) is 11.5 Å². The highest BCUT2D eigenvalue weighted by Crippen LogP contribution is 2.38. The third-order valence-electron chi connectivity index (χ3n) is 7.94. The molecule has 220 valence electrons. The van der Waals surface area contributed by atoms with E-state index in [0.717, 1.165) is 11.1 Å². The number of hydrogen-bond acceptors (Lipinski definition) is 5. The molecular formula is C31H36BF4NO4. The molecular weight excluding hydrogens is 537 g/mol. The first kappa shape index (κ1) is 30.7. The highest BCUT2D eigenvalue weighted by Gasteiger charge is 2.53. The number of nitrogens with zero attached hydrogens (tertiary/aromatic N) is 1. The lowest BCUT2D eigenvalue weighted by Crippen LogP contribution is -2.41. The Hall–Kier alpha value is -3.24. The zero-order valence-corrected chi connectivity index (χ0v) is 24.5. The lowest BCUT2D eigenvalue weighted by atomic mass is 9.73. The Morgan fingerprint density at radius 2 is 1.24 bits per heavy atom. The van der Waals surface area contributed by atoms with Crippen LogP contribution in [0.25, 0.3) is 0 Å². The summed E-state index contributed by atoms with van der Waals surface area (Å²) in [4.78, 5) is 1.80. The van der Waals surface area contributed by atoms with Gasteiger partial charge in [-0.05, 0) is 92.7 Å². The van der Waals surface area contributed by atoms with Crippen LogP contribution in [0.15, 0.2) is 54.6 Å². The Kier molecular flexibility index (Phi) is 8.67. The molecule has 3 aromatic rings. The largest absolute Gasteiger partial charge is 0.497 e. The summed E-state index contributed by atoms with van der Waals surface area (Å²) in [5.41, 5.74) is 0.225. The van der Waals surface area contributed by atoms with Gasteiger partial charge >= 0.3 is 13.3 Å². The van der Waals surface area contributed by atoms with Gasteiger partial charge in [0.2, 0.25) is 0 Å². The Balaban J connectivity index is 1.84. The van der Waals surface area contributed by atoms with Gasteiger partial charge in [-0.3, -0.25) is 0 Å². The molecule has 41 heavy (non-hydrogen) atoms. The molecule has 3 aromatic carbocycles. The van der Waals surface area contributed by atoms with E-state index in [-0.39, 0.29) is 35.4 Å². The van der Waals surface area contributed by atoms with Crippen molar-refractivity contribution in [3.8, 4) is 11.5 Å². The van der Waals surface area contributed by atoms with Gasteiger partial charge in [0.15, 0.2) is 0 Å². The Morgan fingerprint density at radius 3 is 1.63 bits per heavy atom. The van der Waals surface area contributed by atoms with Crippen LogP contribution >= 0.6 is 0 Å². The van der Waals surface area contributed by atoms with Crippen LogP contribution in [0.4, 0.5) is 23.2 Å². The molecule has 0 spiro atoms. The first-order valence-electron chi connectivity index (χ1n) is 13.4. The van der Waals surface area contributed by atoms with Crippen LogP contribution in [-0.4, -0.2) is 38.7 Å². The van der Waals surface area contributed by atoms with Crippen molar-refractivity contribution in [2.24, 2.45) is 0 Å². The van der Waals surface area contributed by atoms with Crippen LogP contribution in [0, 0.1) is 12.7 Å². The highest BCUT2D eigenvalue weighted by molar-refractivity contribution is 6.62. The summed E-state index contributed by atoms with van der Waals surface area (Å²) in [6, 6.07) is 16.2. The fourth-order valence-electron chi connectivity index (χ4n) is 4.81. The summed E-state index contributed by atoms with van der Waals surface area (Å²) < 4.78 is 80.3. The van der Waals surface area contributed by atoms with Crippen LogP contribution in [-0.2, 0) is 28.8 Å². The Morgan fingerprint density at radius 1 is 0.805 bits per heavy atom. The van der Waals surface area contributed by atoms with Crippen LogP contribution in [0.2, 0.25) is 0 Å². The summed E-state index contributed by atoms with van der Waals surface area (Å²) in [6.07, 6.45) is -5.85. The normalized spacial score (nSPS) is 16.1. The van der Waals surface area contributed by atoms with E-state index in [1.165, 1.54) is 13.0 Å². The number of rotatable bonds is 9. The average Bonchev–Trinajstić information content (AvgIpc) is 3.13. The molecule has 1 fully saturated rings. The van der Waals surface area contributed by atoms with Crippen molar-refractivity contribution in [2.75, 3.05) is 19.1 Å². The maximum Gasteiger partial charge on any atom is 0.495 e. The van der Waals surface area contributed by atoms with Gasteiger partial charge < -0.3 is 23.7 Å². The van der Waals surface area contributed by atoms with Gasteiger partial charge in [-0.2, -0.15) is 13.2 Å². The minimum Gasteiger partial charge on any atom is -0.497 e. The summed E-state index contributed by atoms with van der Waals surface area (Å²) in [5, 5.41) is 0. The predicted octanol–water partition coefficient (Wildman–Crippen LogP) is 6.76. The first-order chi connectivity index (χ1) is 19.1. The molecule has 0 unspecified atom stereocenters. The second kappa shape index (κ2) is 11.6.